The van der Waals surface area contributed by atoms with Crippen LogP contribution in [-0.4, -0.2) is 23.2 Å². The van der Waals surface area contributed by atoms with Crippen molar-refractivity contribution in [1.29, 1.82) is 0 Å². The summed E-state index contributed by atoms with van der Waals surface area (Å²) in [5.41, 5.74) is 2.69. The Hall–Kier alpha value is -2.82. The summed E-state index contributed by atoms with van der Waals surface area (Å²) in [7, 11) is 1.57. The van der Waals surface area contributed by atoms with Gasteiger partial charge in [-0.15, -0.1) is 0 Å². The van der Waals surface area contributed by atoms with E-state index >= 15 is 0 Å². The maximum absolute atomic E-state index is 13.0. The minimum atomic E-state index is -0.306. The lowest BCUT2D eigenvalue weighted by Crippen LogP contribution is -2.27. The minimum Gasteiger partial charge on any atom is -0.493 e. The number of halogens is 2. The van der Waals surface area contributed by atoms with E-state index in [9.17, 15) is 9.59 Å². The van der Waals surface area contributed by atoms with E-state index in [1.165, 1.54) is 4.90 Å². The SMILES string of the molecule is COc1cc(/C=C2\SC(=O)N(Cc3ccc(I)cc3)C2=O)cc(Br)c1OCc1cccc2ccccc12. The molecule has 186 valence electrons. The molecule has 1 aliphatic rings. The zero-order valence-corrected chi connectivity index (χ0v) is 24.3. The molecule has 5 nitrogen and oxygen atoms in total. The van der Waals surface area contributed by atoms with Gasteiger partial charge < -0.3 is 9.47 Å². The fourth-order valence-corrected chi connectivity index (χ4v) is 5.86. The van der Waals surface area contributed by atoms with Crippen molar-refractivity contribution < 1.29 is 19.1 Å². The van der Waals surface area contributed by atoms with Gasteiger partial charge in [-0.3, -0.25) is 14.5 Å². The lowest BCUT2D eigenvalue weighted by Gasteiger charge is -2.15. The summed E-state index contributed by atoms with van der Waals surface area (Å²) in [6.45, 7) is 0.611. The number of ether oxygens (including phenoxy) is 2. The van der Waals surface area contributed by atoms with Gasteiger partial charge in [-0.1, -0.05) is 54.6 Å². The Labute approximate surface area is 241 Å². The van der Waals surface area contributed by atoms with Crippen molar-refractivity contribution >= 4 is 78.3 Å². The molecule has 1 heterocycles. The highest BCUT2D eigenvalue weighted by Gasteiger charge is 2.35. The normalized spacial score (nSPS) is 14.6. The first-order valence-electron chi connectivity index (χ1n) is 11.4. The van der Waals surface area contributed by atoms with Crippen molar-refractivity contribution in [3.8, 4) is 11.5 Å². The summed E-state index contributed by atoms with van der Waals surface area (Å²) < 4.78 is 13.6. The van der Waals surface area contributed by atoms with Crippen molar-refractivity contribution in [2.24, 2.45) is 0 Å². The van der Waals surface area contributed by atoms with Crippen LogP contribution in [0.1, 0.15) is 16.7 Å². The molecule has 4 aromatic carbocycles. The minimum absolute atomic E-state index is 0.243. The second-order valence-corrected chi connectivity index (χ2v) is 11.4. The fraction of sp³-hybridized carbons (Fsp3) is 0.103. The predicted molar refractivity (Wildman–Crippen MR) is 160 cm³/mol. The average Bonchev–Trinajstić information content (AvgIpc) is 3.16. The highest BCUT2D eigenvalue weighted by Crippen LogP contribution is 2.40. The van der Waals surface area contributed by atoms with Crippen LogP contribution in [-0.2, 0) is 17.9 Å². The summed E-state index contributed by atoms with van der Waals surface area (Å²) in [5, 5.41) is 2.01. The lowest BCUT2D eigenvalue weighted by molar-refractivity contribution is -0.123. The van der Waals surface area contributed by atoms with E-state index in [4.69, 9.17) is 9.47 Å². The van der Waals surface area contributed by atoms with E-state index in [1.54, 1.807) is 19.3 Å². The molecule has 0 radical (unpaired) electrons. The van der Waals surface area contributed by atoms with Crippen LogP contribution in [0.15, 0.2) is 88.2 Å². The zero-order valence-electron chi connectivity index (χ0n) is 19.7. The van der Waals surface area contributed by atoms with Crippen LogP contribution < -0.4 is 9.47 Å². The maximum Gasteiger partial charge on any atom is 0.293 e. The summed E-state index contributed by atoms with van der Waals surface area (Å²) in [6.07, 6.45) is 1.71. The summed E-state index contributed by atoms with van der Waals surface area (Å²) in [5.74, 6) is 0.790. The smallest absolute Gasteiger partial charge is 0.293 e. The summed E-state index contributed by atoms with van der Waals surface area (Å²) in [6, 6.07) is 25.7. The highest BCUT2D eigenvalue weighted by molar-refractivity contribution is 14.1. The highest BCUT2D eigenvalue weighted by atomic mass is 127. The maximum atomic E-state index is 13.0. The number of nitrogens with zero attached hydrogens (tertiary/aromatic N) is 1. The Morgan fingerprint density at radius 1 is 1.00 bits per heavy atom. The van der Waals surface area contributed by atoms with Gasteiger partial charge in [-0.2, -0.15) is 0 Å². The van der Waals surface area contributed by atoms with Gasteiger partial charge in [0.1, 0.15) is 6.61 Å². The number of imide groups is 1. The number of fused-ring (bicyclic) bond motifs is 1. The molecular formula is C29H21BrINO4S. The molecule has 0 atom stereocenters. The van der Waals surface area contributed by atoms with E-state index < -0.39 is 0 Å². The number of hydrogen-bond acceptors (Lipinski definition) is 5. The first-order chi connectivity index (χ1) is 17.9. The van der Waals surface area contributed by atoms with Gasteiger partial charge in [0.05, 0.1) is 23.0 Å². The van der Waals surface area contributed by atoms with Gasteiger partial charge in [0, 0.05) is 3.57 Å². The Kier molecular flexibility index (Phi) is 7.87. The average molecular weight is 686 g/mol. The number of rotatable bonds is 7. The van der Waals surface area contributed by atoms with Gasteiger partial charge in [0.2, 0.25) is 0 Å². The first kappa shape index (κ1) is 25.8. The van der Waals surface area contributed by atoms with Crippen LogP contribution in [0.2, 0.25) is 0 Å². The number of amides is 2. The zero-order chi connectivity index (χ0) is 25.9. The van der Waals surface area contributed by atoms with Gasteiger partial charge >= 0.3 is 0 Å². The molecule has 1 aliphatic heterocycles. The van der Waals surface area contributed by atoms with Crippen molar-refractivity contribution in [2.45, 2.75) is 13.2 Å². The van der Waals surface area contributed by atoms with Gasteiger partial charge in [-0.25, -0.2) is 0 Å². The van der Waals surface area contributed by atoms with Crippen molar-refractivity contribution in [2.75, 3.05) is 7.11 Å². The van der Waals surface area contributed by atoms with E-state index in [2.05, 4.69) is 56.7 Å². The number of carbonyl (C=O) groups is 2. The molecule has 1 fully saturated rings. The first-order valence-corrected chi connectivity index (χ1v) is 14.1. The number of benzene rings is 4. The predicted octanol–water partition coefficient (Wildman–Crippen LogP) is 8.03. The van der Waals surface area contributed by atoms with Gasteiger partial charge in [0.15, 0.2) is 11.5 Å². The third kappa shape index (κ3) is 5.71. The molecule has 37 heavy (non-hydrogen) atoms. The van der Waals surface area contributed by atoms with Crippen LogP contribution >= 0.6 is 50.3 Å². The number of methoxy groups -OCH3 is 1. The largest absolute Gasteiger partial charge is 0.493 e. The molecular weight excluding hydrogens is 665 g/mol. The standard InChI is InChI=1S/C29H21BrINO4S/c1-35-25-14-19(15-26-28(33)32(29(34)37-26)16-18-9-11-22(31)12-10-18)13-24(30)27(25)36-17-21-7-4-6-20-5-2-3-8-23(20)21/h2-15H,16-17H2,1H3/b26-15-. The van der Waals surface area contributed by atoms with Crippen LogP contribution in [0, 0.1) is 3.57 Å². The topological polar surface area (TPSA) is 55.8 Å². The van der Waals surface area contributed by atoms with Gasteiger partial charge in [-0.05, 0) is 108 Å². The monoisotopic (exact) mass is 685 g/mol. The van der Waals surface area contributed by atoms with E-state index in [1.807, 2.05) is 54.6 Å². The second kappa shape index (κ2) is 11.3. The molecule has 0 saturated carbocycles. The molecule has 2 amide bonds. The number of thioether (sulfide) groups is 1. The van der Waals surface area contributed by atoms with Crippen LogP contribution in [0.3, 0.4) is 0 Å². The Morgan fingerprint density at radius 2 is 1.76 bits per heavy atom. The molecule has 1 saturated heterocycles. The van der Waals surface area contributed by atoms with Crippen molar-refractivity contribution in [3.05, 3.63) is 109 Å². The van der Waals surface area contributed by atoms with E-state index in [0.717, 1.165) is 42.8 Å². The second-order valence-electron chi connectivity index (χ2n) is 8.36. The number of carbonyl (C=O) groups excluding carboxylic acids is 2. The van der Waals surface area contributed by atoms with Crippen LogP contribution in [0.5, 0.6) is 11.5 Å². The lowest BCUT2D eigenvalue weighted by atomic mass is 10.1. The Balaban J connectivity index is 1.36. The molecule has 8 heteroatoms. The number of hydrogen-bond donors (Lipinski definition) is 0. The molecule has 0 aromatic heterocycles. The third-order valence-corrected chi connectivity index (χ3v) is 8.14. The van der Waals surface area contributed by atoms with Crippen LogP contribution in [0.4, 0.5) is 4.79 Å². The van der Waals surface area contributed by atoms with Gasteiger partial charge in [0.25, 0.3) is 11.1 Å². The van der Waals surface area contributed by atoms with E-state index in [0.29, 0.717) is 27.5 Å². The molecule has 0 N–H and O–H groups in total. The van der Waals surface area contributed by atoms with Crippen molar-refractivity contribution in [3.63, 3.8) is 0 Å². The van der Waals surface area contributed by atoms with Crippen LogP contribution in [0.25, 0.3) is 16.8 Å². The molecule has 0 spiro atoms. The quantitative estimate of drug-likeness (QED) is 0.146. The molecule has 5 rings (SSSR count). The Morgan fingerprint density at radius 3 is 2.54 bits per heavy atom. The fourth-order valence-electron chi connectivity index (χ4n) is 4.09. The van der Waals surface area contributed by atoms with E-state index in [-0.39, 0.29) is 17.7 Å². The molecule has 0 unspecified atom stereocenters. The third-order valence-electron chi connectivity index (χ3n) is 5.93. The Bertz CT molecular complexity index is 1530. The summed E-state index contributed by atoms with van der Waals surface area (Å²) >= 11 is 6.76. The molecule has 4 aromatic rings. The summed E-state index contributed by atoms with van der Waals surface area (Å²) in [4.78, 5) is 27.2. The molecule has 0 aliphatic carbocycles. The molecule has 0 bridgehead atoms. The van der Waals surface area contributed by atoms with Crippen molar-refractivity contribution in [1.82, 2.24) is 4.90 Å².